The molecule has 0 saturated heterocycles. The molecule has 14 heavy (non-hydrogen) atoms. The van der Waals surface area contributed by atoms with E-state index in [2.05, 4.69) is 0 Å². The molecule has 0 aliphatic carbocycles. The first kappa shape index (κ1) is 12.8. The van der Waals surface area contributed by atoms with Gasteiger partial charge in [0.25, 0.3) is 0 Å². The molecule has 0 amide bonds. The minimum Gasteiger partial charge on any atom is -0.547 e. The molecular formula is C6H8O8-2. The van der Waals surface area contributed by atoms with Gasteiger partial charge < -0.3 is 40.2 Å². The minimum absolute atomic E-state index is 2.11. The van der Waals surface area contributed by atoms with Gasteiger partial charge in [-0.25, -0.2) is 0 Å². The number of carbonyl (C=O) groups is 2. The van der Waals surface area contributed by atoms with Crippen LogP contribution in [-0.2, 0) is 9.59 Å². The molecule has 0 saturated carbocycles. The molecule has 0 aliphatic heterocycles. The molecular weight excluding hydrogens is 200 g/mol. The Morgan fingerprint density at radius 3 is 1.14 bits per heavy atom. The van der Waals surface area contributed by atoms with E-state index < -0.39 is 36.4 Å². The van der Waals surface area contributed by atoms with E-state index in [-0.39, 0.29) is 0 Å². The summed E-state index contributed by atoms with van der Waals surface area (Å²) in [6.07, 6.45) is -9.76. The van der Waals surface area contributed by atoms with Crippen LogP contribution in [-0.4, -0.2) is 56.8 Å². The molecule has 4 atom stereocenters. The summed E-state index contributed by atoms with van der Waals surface area (Å²) in [5.74, 6) is -4.22. The molecule has 0 aliphatic rings. The summed E-state index contributed by atoms with van der Waals surface area (Å²) in [5, 5.41) is 54.7. The Labute approximate surface area is 77.7 Å². The molecule has 0 aromatic heterocycles. The summed E-state index contributed by atoms with van der Waals surface area (Å²) in [6, 6.07) is 0. The first-order chi connectivity index (χ1) is 6.29. The maximum atomic E-state index is 9.96. The number of carbonyl (C=O) groups excluding carboxylic acids is 2. The maximum Gasteiger partial charge on any atom is 0.122 e. The molecule has 4 N–H and O–H groups in total. The number of hydrogen-bond donors (Lipinski definition) is 4. The van der Waals surface area contributed by atoms with Crippen LogP contribution in [0.2, 0.25) is 0 Å². The highest BCUT2D eigenvalue weighted by Gasteiger charge is 2.31. The summed E-state index contributed by atoms with van der Waals surface area (Å²) < 4.78 is 0. The second-order valence-electron chi connectivity index (χ2n) is 2.51. The van der Waals surface area contributed by atoms with Gasteiger partial charge in [-0.15, -0.1) is 0 Å². The molecule has 0 heterocycles. The number of carboxylic acid groups (broad SMARTS) is 2. The highest BCUT2D eigenvalue weighted by Crippen LogP contribution is 2.04. The maximum absolute atomic E-state index is 9.96. The van der Waals surface area contributed by atoms with E-state index in [1.807, 2.05) is 0 Å². The second kappa shape index (κ2) is 4.86. The Hall–Kier alpha value is -1.22. The smallest absolute Gasteiger partial charge is 0.122 e. The summed E-state index contributed by atoms with van der Waals surface area (Å²) in [5.41, 5.74) is 0. The highest BCUT2D eigenvalue weighted by atomic mass is 16.4. The van der Waals surface area contributed by atoms with E-state index in [0.29, 0.717) is 0 Å². The van der Waals surface area contributed by atoms with Gasteiger partial charge in [0.15, 0.2) is 0 Å². The van der Waals surface area contributed by atoms with Crippen LogP contribution >= 0.6 is 0 Å². The van der Waals surface area contributed by atoms with Gasteiger partial charge in [-0.05, 0) is 0 Å². The number of hydrogen-bond acceptors (Lipinski definition) is 8. The molecule has 0 unspecified atom stereocenters. The SMILES string of the molecule is O=C([O-])[C@H](O)[C@@H](O)[C@H](O)[C@@H](O)C(=O)[O-]. The Bertz CT molecular complexity index is 202. The largest absolute Gasteiger partial charge is 0.547 e. The van der Waals surface area contributed by atoms with Crippen molar-refractivity contribution in [3.63, 3.8) is 0 Å². The van der Waals surface area contributed by atoms with Crippen molar-refractivity contribution >= 4 is 11.9 Å². The zero-order valence-electron chi connectivity index (χ0n) is 6.73. The predicted octanol–water partition coefficient (Wildman–Crippen LogP) is -6.07. The molecule has 8 nitrogen and oxygen atoms in total. The van der Waals surface area contributed by atoms with Crippen LogP contribution in [0.5, 0.6) is 0 Å². The topological polar surface area (TPSA) is 161 Å². The number of carboxylic acids is 2. The van der Waals surface area contributed by atoms with Crippen LogP contribution < -0.4 is 10.2 Å². The van der Waals surface area contributed by atoms with Gasteiger partial charge in [0.2, 0.25) is 0 Å². The van der Waals surface area contributed by atoms with Gasteiger partial charge in [-0.3, -0.25) is 0 Å². The quantitative estimate of drug-likeness (QED) is 0.347. The van der Waals surface area contributed by atoms with Crippen molar-refractivity contribution in [2.24, 2.45) is 0 Å². The van der Waals surface area contributed by atoms with Crippen molar-refractivity contribution in [3.8, 4) is 0 Å². The van der Waals surface area contributed by atoms with E-state index in [1.54, 1.807) is 0 Å². The fourth-order valence-electron chi connectivity index (χ4n) is 0.652. The lowest BCUT2D eigenvalue weighted by Crippen LogP contribution is -2.55. The van der Waals surface area contributed by atoms with Gasteiger partial charge in [0, 0.05) is 0 Å². The third-order valence-electron chi connectivity index (χ3n) is 1.48. The predicted molar refractivity (Wildman–Crippen MR) is 34.0 cm³/mol. The zero-order valence-corrected chi connectivity index (χ0v) is 6.73. The van der Waals surface area contributed by atoms with E-state index in [4.69, 9.17) is 20.4 Å². The summed E-state index contributed by atoms with van der Waals surface area (Å²) >= 11 is 0. The van der Waals surface area contributed by atoms with E-state index in [9.17, 15) is 19.8 Å². The Balaban J connectivity index is 4.45. The Morgan fingerprint density at radius 1 is 0.786 bits per heavy atom. The lowest BCUT2D eigenvalue weighted by Gasteiger charge is -2.27. The van der Waals surface area contributed by atoms with Crippen molar-refractivity contribution in [2.75, 3.05) is 0 Å². The molecule has 0 radical (unpaired) electrons. The number of aliphatic hydroxyl groups excluding tert-OH is 4. The average Bonchev–Trinajstić information content (AvgIpc) is 2.12. The van der Waals surface area contributed by atoms with Crippen molar-refractivity contribution in [1.29, 1.82) is 0 Å². The summed E-state index contributed by atoms with van der Waals surface area (Å²) in [6.45, 7) is 0. The highest BCUT2D eigenvalue weighted by molar-refractivity contribution is 5.72. The summed E-state index contributed by atoms with van der Waals surface area (Å²) in [7, 11) is 0. The van der Waals surface area contributed by atoms with Gasteiger partial charge in [-0.1, -0.05) is 0 Å². The third kappa shape index (κ3) is 2.92. The van der Waals surface area contributed by atoms with E-state index >= 15 is 0 Å². The molecule has 82 valence electrons. The molecule has 0 bridgehead atoms. The molecule has 0 spiro atoms. The molecule has 0 fully saturated rings. The van der Waals surface area contributed by atoms with Crippen LogP contribution in [0.1, 0.15) is 0 Å². The third-order valence-corrected chi connectivity index (χ3v) is 1.48. The van der Waals surface area contributed by atoms with Gasteiger partial charge in [0.1, 0.15) is 24.4 Å². The fourth-order valence-corrected chi connectivity index (χ4v) is 0.652. The standard InChI is InChI=1S/C6H10O8/c7-1(3(9)5(11)12)2(8)4(10)6(13)14/h1-4,7-10H,(H,11,12)(H,13,14)/p-2/t1-,2-,3+,4+/m0/s1. The lowest BCUT2D eigenvalue weighted by atomic mass is 10.0. The van der Waals surface area contributed by atoms with Crippen molar-refractivity contribution in [3.05, 3.63) is 0 Å². The Kier molecular flexibility index (Phi) is 4.44. The number of aliphatic carboxylic acids is 2. The van der Waals surface area contributed by atoms with Crippen molar-refractivity contribution < 1.29 is 40.2 Å². The normalized spacial score (nSPS) is 19.4. The Morgan fingerprint density at radius 2 is 1.00 bits per heavy atom. The van der Waals surface area contributed by atoms with Crippen LogP contribution in [0, 0.1) is 0 Å². The van der Waals surface area contributed by atoms with Gasteiger partial charge in [-0.2, -0.15) is 0 Å². The molecule has 0 aromatic carbocycles. The van der Waals surface area contributed by atoms with Crippen molar-refractivity contribution in [2.45, 2.75) is 24.4 Å². The first-order valence-corrected chi connectivity index (χ1v) is 3.43. The van der Waals surface area contributed by atoms with E-state index in [0.717, 1.165) is 0 Å². The summed E-state index contributed by atoms with van der Waals surface area (Å²) in [4.78, 5) is 19.9. The molecule has 0 aromatic rings. The second-order valence-corrected chi connectivity index (χ2v) is 2.51. The molecule has 0 rings (SSSR count). The zero-order chi connectivity index (χ0) is 11.5. The van der Waals surface area contributed by atoms with Crippen LogP contribution in [0.3, 0.4) is 0 Å². The monoisotopic (exact) mass is 208 g/mol. The molecule has 8 heteroatoms. The van der Waals surface area contributed by atoms with Gasteiger partial charge in [0.05, 0.1) is 11.9 Å². The number of rotatable bonds is 5. The minimum atomic E-state index is -2.50. The fraction of sp³-hybridized carbons (Fsp3) is 0.667. The first-order valence-electron chi connectivity index (χ1n) is 3.43. The lowest BCUT2D eigenvalue weighted by molar-refractivity contribution is -0.327. The average molecular weight is 208 g/mol. The van der Waals surface area contributed by atoms with Crippen LogP contribution in [0.25, 0.3) is 0 Å². The van der Waals surface area contributed by atoms with Gasteiger partial charge >= 0.3 is 0 Å². The van der Waals surface area contributed by atoms with E-state index in [1.165, 1.54) is 0 Å². The van der Waals surface area contributed by atoms with Crippen LogP contribution in [0.4, 0.5) is 0 Å². The van der Waals surface area contributed by atoms with Crippen LogP contribution in [0.15, 0.2) is 0 Å². The van der Waals surface area contributed by atoms with Crippen molar-refractivity contribution in [1.82, 2.24) is 0 Å². The number of aliphatic hydroxyl groups is 4.